The topological polar surface area (TPSA) is 17.8 Å². The molecule has 108 valence electrons. The summed E-state index contributed by atoms with van der Waals surface area (Å²) in [7, 11) is 0. The van der Waals surface area contributed by atoms with Gasteiger partial charge in [-0.25, -0.2) is 4.98 Å². The Kier molecular flexibility index (Phi) is 4.19. The molecule has 1 heterocycles. The van der Waals surface area contributed by atoms with Crippen molar-refractivity contribution in [2.24, 2.45) is 0 Å². The van der Waals surface area contributed by atoms with E-state index in [0.29, 0.717) is 10.0 Å². The minimum absolute atomic E-state index is 0.258. The summed E-state index contributed by atoms with van der Waals surface area (Å²) in [6.07, 6.45) is 0. The van der Waals surface area contributed by atoms with Crippen LogP contribution in [0, 0.1) is 0 Å². The molecule has 3 aromatic rings. The van der Waals surface area contributed by atoms with Crippen LogP contribution < -0.4 is 0 Å². The second kappa shape index (κ2) is 5.81. The molecule has 0 bridgehead atoms. The smallest absolute Gasteiger partial charge is 0.132 e. The van der Waals surface area contributed by atoms with Gasteiger partial charge in [0.2, 0.25) is 0 Å². The third-order valence-electron chi connectivity index (χ3n) is 3.15. The largest absolute Gasteiger partial charge is 0.293 e. The van der Waals surface area contributed by atoms with Crippen LogP contribution in [0.2, 0.25) is 10.0 Å². The zero-order chi connectivity index (χ0) is 15.1. The van der Waals surface area contributed by atoms with Crippen molar-refractivity contribution in [3.63, 3.8) is 0 Å². The highest BCUT2D eigenvalue weighted by Crippen LogP contribution is 2.33. The quantitative estimate of drug-likeness (QED) is 0.452. The summed E-state index contributed by atoms with van der Waals surface area (Å²) >= 11 is 22.2. The number of imidazole rings is 1. The fourth-order valence-electron chi connectivity index (χ4n) is 2.25. The van der Waals surface area contributed by atoms with Gasteiger partial charge in [0.1, 0.15) is 5.82 Å². The first-order chi connectivity index (χ1) is 9.97. The van der Waals surface area contributed by atoms with Crippen LogP contribution in [0.5, 0.6) is 0 Å². The van der Waals surface area contributed by atoms with Crippen LogP contribution in [-0.4, -0.2) is 9.55 Å². The van der Waals surface area contributed by atoms with Gasteiger partial charge >= 0.3 is 0 Å². The molecule has 0 amide bonds. The molecule has 1 aromatic heterocycles. The van der Waals surface area contributed by atoms with Gasteiger partial charge < -0.3 is 0 Å². The SMILES string of the molecule is CC(Cl)c1nc2cc(Br)ccc2n1-c1cc(Cl)ccc1Cl. The molecule has 0 spiro atoms. The van der Waals surface area contributed by atoms with Gasteiger partial charge in [-0.2, -0.15) is 0 Å². The van der Waals surface area contributed by atoms with Crippen molar-refractivity contribution in [2.45, 2.75) is 12.3 Å². The molecule has 0 aliphatic carbocycles. The number of hydrogen-bond donors (Lipinski definition) is 0. The highest BCUT2D eigenvalue weighted by molar-refractivity contribution is 9.10. The average Bonchev–Trinajstić information content (AvgIpc) is 2.80. The van der Waals surface area contributed by atoms with Crippen LogP contribution in [-0.2, 0) is 0 Å². The van der Waals surface area contributed by atoms with Crippen LogP contribution in [0.3, 0.4) is 0 Å². The number of fused-ring (bicyclic) bond motifs is 1. The third kappa shape index (κ3) is 2.80. The number of hydrogen-bond acceptors (Lipinski definition) is 1. The predicted molar refractivity (Wildman–Crippen MR) is 93.1 cm³/mol. The molecular weight excluding hydrogens is 394 g/mol. The Balaban J connectivity index is 2.39. The van der Waals surface area contributed by atoms with E-state index >= 15 is 0 Å². The van der Waals surface area contributed by atoms with E-state index in [2.05, 4.69) is 20.9 Å². The first-order valence-corrected chi connectivity index (χ1v) is 8.23. The molecule has 0 aliphatic heterocycles. The Labute approximate surface area is 145 Å². The summed E-state index contributed by atoms with van der Waals surface area (Å²) in [6.45, 7) is 1.88. The summed E-state index contributed by atoms with van der Waals surface area (Å²) < 4.78 is 2.92. The van der Waals surface area contributed by atoms with Crippen molar-refractivity contribution in [3.05, 3.63) is 56.7 Å². The van der Waals surface area contributed by atoms with Crippen molar-refractivity contribution in [3.8, 4) is 5.69 Å². The van der Waals surface area contributed by atoms with Gasteiger partial charge in [-0.05, 0) is 43.3 Å². The maximum atomic E-state index is 6.34. The van der Waals surface area contributed by atoms with E-state index in [1.54, 1.807) is 12.1 Å². The lowest BCUT2D eigenvalue weighted by Crippen LogP contribution is -2.02. The highest BCUT2D eigenvalue weighted by atomic mass is 79.9. The molecule has 0 aliphatic rings. The van der Waals surface area contributed by atoms with E-state index < -0.39 is 0 Å². The number of aromatic nitrogens is 2. The molecule has 1 atom stereocenters. The van der Waals surface area contributed by atoms with Gasteiger partial charge in [-0.1, -0.05) is 39.1 Å². The van der Waals surface area contributed by atoms with Crippen LogP contribution in [0.25, 0.3) is 16.7 Å². The van der Waals surface area contributed by atoms with Crippen molar-refractivity contribution in [2.75, 3.05) is 0 Å². The van der Waals surface area contributed by atoms with Crippen LogP contribution in [0.15, 0.2) is 40.9 Å². The Bertz CT molecular complexity index is 827. The summed E-state index contributed by atoms with van der Waals surface area (Å²) in [6, 6.07) is 11.2. The molecule has 0 fully saturated rings. The van der Waals surface area contributed by atoms with E-state index in [4.69, 9.17) is 34.8 Å². The number of halogens is 4. The van der Waals surface area contributed by atoms with Gasteiger partial charge in [-0.15, -0.1) is 11.6 Å². The van der Waals surface area contributed by atoms with Gasteiger partial charge in [-0.3, -0.25) is 4.57 Å². The van der Waals surface area contributed by atoms with E-state index in [9.17, 15) is 0 Å². The lowest BCUT2D eigenvalue weighted by molar-refractivity contribution is 0.883. The minimum Gasteiger partial charge on any atom is -0.293 e. The second-order valence-corrected chi connectivity index (χ2v) is 7.06. The predicted octanol–water partition coefficient (Wildman–Crippen LogP) is 6.39. The molecule has 2 aromatic carbocycles. The van der Waals surface area contributed by atoms with E-state index in [1.165, 1.54) is 0 Å². The van der Waals surface area contributed by atoms with Gasteiger partial charge in [0.25, 0.3) is 0 Å². The maximum absolute atomic E-state index is 6.34. The fraction of sp³-hybridized carbons (Fsp3) is 0.133. The molecule has 2 nitrogen and oxygen atoms in total. The summed E-state index contributed by atoms with van der Waals surface area (Å²) in [5.41, 5.74) is 2.56. The highest BCUT2D eigenvalue weighted by Gasteiger charge is 2.18. The van der Waals surface area contributed by atoms with Crippen molar-refractivity contribution < 1.29 is 0 Å². The van der Waals surface area contributed by atoms with Crippen molar-refractivity contribution >= 4 is 61.8 Å². The molecule has 0 radical (unpaired) electrons. The minimum atomic E-state index is -0.258. The number of nitrogens with zero attached hydrogens (tertiary/aromatic N) is 2. The zero-order valence-corrected chi connectivity index (χ0v) is 14.8. The van der Waals surface area contributed by atoms with Gasteiger partial charge in [0.15, 0.2) is 0 Å². The molecule has 21 heavy (non-hydrogen) atoms. The van der Waals surface area contributed by atoms with Crippen LogP contribution >= 0.6 is 50.7 Å². The Morgan fingerprint density at radius 2 is 1.90 bits per heavy atom. The van der Waals surface area contributed by atoms with E-state index in [-0.39, 0.29) is 5.38 Å². The molecule has 1 unspecified atom stereocenters. The fourth-order valence-corrected chi connectivity index (χ4v) is 3.11. The number of rotatable bonds is 2. The van der Waals surface area contributed by atoms with Gasteiger partial charge in [0.05, 0.1) is 27.1 Å². The van der Waals surface area contributed by atoms with Crippen LogP contribution in [0.4, 0.5) is 0 Å². The second-order valence-electron chi connectivity index (χ2n) is 4.65. The number of alkyl halides is 1. The van der Waals surface area contributed by atoms with Crippen molar-refractivity contribution in [1.29, 1.82) is 0 Å². The van der Waals surface area contributed by atoms with Crippen molar-refractivity contribution in [1.82, 2.24) is 9.55 Å². The zero-order valence-electron chi connectivity index (χ0n) is 10.9. The summed E-state index contributed by atoms with van der Waals surface area (Å²) in [4.78, 5) is 4.62. The average molecular weight is 405 g/mol. The first-order valence-electron chi connectivity index (χ1n) is 6.25. The molecule has 3 rings (SSSR count). The van der Waals surface area contributed by atoms with E-state index in [0.717, 1.165) is 27.0 Å². The van der Waals surface area contributed by atoms with Crippen LogP contribution in [0.1, 0.15) is 18.1 Å². The monoisotopic (exact) mass is 402 g/mol. The molecular formula is C15H10BrCl3N2. The maximum Gasteiger partial charge on any atom is 0.132 e. The Morgan fingerprint density at radius 1 is 1.14 bits per heavy atom. The summed E-state index contributed by atoms with van der Waals surface area (Å²) in [5.74, 6) is 0.730. The molecule has 0 saturated carbocycles. The lowest BCUT2D eigenvalue weighted by Gasteiger charge is -2.12. The number of benzene rings is 2. The summed E-state index contributed by atoms with van der Waals surface area (Å²) in [5, 5.41) is 0.952. The first kappa shape index (κ1) is 15.2. The molecule has 6 heteroatoms. The standard InChI is InChI=1S/C15H10BrCl3N2/c1-8(17)15-20-12-6-9(16)2-5-13(12)21(15)14-7-10(18)3-4-11(14)19/h2-8H,1H3. The van der Waals surface area contributed by atoms with Gasteiger partial charge in [0, 0.05) is 9.50 Å². The Hall–Kier alpha value is -0.740. The molecule has 0 N–H and O–H groups in total. The molecule has 0 saturated heterocycles. The van der Waals surface area contributed by atoms with E-state index in [1.807, 2.05) is 35.8 Å². The third-order valence-corrected chi connectivity index (χ3v) is 4.39. The lowest BCUT2D eigenvalue weighted by atomic mass is 10.2. The Morgan fingerprint density at radius 3 is 2.62 bits per heavy atom. The normalized spacial score (nSPS) is 12.8.